The quantitative estimate of drug-likeness (QED) is 0.379. The van der Waals surface area contributed by atoms with Crippen molar-refractivity contribution in [2.24, 2.45) is 5.16 Å². The number of oxime groups is 1. The molecule has 0 amide bonds. The van der Waals surface area contributed by atoms with Crippen molar-refractivity contribution >= 4 is 40.5 Å². The van der Waals surface area contributed by atoms with E-state index in [2.05, 4.69) is 10.5 Å². The Hall–Kier alpha value is -2.38. The van der Waals surface area contributed by atoms with Gasteiger partial charge >= 0.3 is 0 Å². The zero-order valence-electron chi connectivity index (χ0n) is 16.8. The van der Waals surface area contributed by atoms with E-state index in [-0.39, 0.29) is 16.7 Å². The minimum atomic E-state index is -0.467. The molecule has 0 spiro atoms. The van der Waals surface area contributed by atoms with Crippen molar-refractivity contribution in [2.75, 3.05) is 13.1 Å². The van der Waals surface area contributed by atoms with Crippen LogP contribution in [-0.2, 0) is 4.84 Å². The lowest BCUT2D eigenvalue weighted by atomic mass is 10.0. The van der Waals surface area contributed by atoms with Crippen LogP contribution in [0.1, 0.15) is 24.0 Å². The summed E-state index contributed by atoms with van der Waals surface area (Å²) < 4.78 is 15.0. The van der Waals surface area contributed by atoms with Gasteiger partial charge in [0.05, 0.1) is 20.8 Å². The Morgan fingerprint density at radius 3 is 2.44 bits per heavy atom. The highest BCUT2D eigenvalue weighted by Crippen LogP contribution is 2.28. The first-order valence-corrected chi connectivity index (χ1v) is 11.1. The number of para-hydroxylation sites is 1. The lowest BCUT2D eigenvalue weighted by molar-refractivity contribution is 0.0379. The van der Waals surface area contributed by atoms with Crippen molar-refractivity contribution in [3.05, 3.63) is 97.1 Å². The Kier molecular flexibility index (Phi) is 7.16. The SMILES string of the molecule is O=c1ccc(/C(=N/OC2CCNCC2)c2ccc(F)cc2Cl)cn1-c1c(Cl)cccc1Cl. The average molecular weight is 495 g/mol. The summed E-state index contributed by atoms with van der Waals surface area (Å²) >= 11 is 19.0. The third-order valence-corrected chi connectivity index (χ3v) is 6.05. The number of nitrogens with zero attached hydrogens (tertiary/aromatic N) is 2. The van der Waals surface area contributed by atoms with Crippen molar-refractivity contribution in [2.45, 2.75) is 18.9 Å². The van der Waals surface area contributed by atoms with E-state index in [4.69, 9.17) is 39.6 Å². The predicted molar refractivity (Wildman–Crippen MR) is 126 cm³/mol. The number of halogens is 4. The molecule has 9 heteroatoms. The smallest absolute Gasteiger partial charge is 0.255 e. The van der Waals surface area contributed by atoms with Crippen molar-refractivity contribution in [1.29, 1.82) is 0 Å². The van der Waals surface area contributed by atoms with Gasteiger partial charge in [0.1, 0.15) is 17.6 Å². The lowest BCUT2D eigenvalue weighted by Crippen LogP contribution is -2.31. The zero-order chi connectivity index (χ0) is 22.7. The molecule has 2 heterocycles. The largest absolute Gasteiger partial charge is 0.392 e. The number of nitrogens with one attached hydrogen (secondary N) is 1. The fourth-order valence-corrected chi connectivity index (χ4v) is 4.32. The highest BCUT2D eigenvalue weighted by atomic mass is 35.5. The van der Waals surface area contributed by atoms with Crippen LogP contribution in [0.15, 0.2) is 64.7 Å². The summed E-state index contributed by atoms with van der Waals surface area (Å²) in [5, 5.41) is 8.47. The van der Waals surface area contributed by atoms with E-state index in [1.54, 1.807) is 30.5 Å². The number of benzene rings is 2. The first-order chi connectivity index (χ1) is 15.4. The van der Waals surface area contributed by atoms with E-state index in [1.807, 2.05) is 0 Å². The van der Waals surface area contributed by atoms with Gasteiger partial charge in [-0.25, -0.2) is 4.39 Å². The number of rotatable bonds is 5. The molecule has 5 nitrogen and oxygen atoms in total. The van der Waals surface area contributed by atoms with E-state index in [1.165, 1.54) is 28.8 Å². The highest BCUT2D eigenvalue weighted by Gasteiger charge is 2.19. The molecule has 1 aliphatic rings. The van der Waals surface area contributed by atoms with Gasteiger partial charge in [0.25, 0.3) is 5.56 Å². The summed E-state index contributed by atoms with van der Waals surface area (Å²) in [6.07, 6.45) is 3.12. The summed E-state index contributed by atoms with van der Waals surface area (Å²) in [6.45, 7) is 1.67. The molecule has 0 saturated carbocycles. The van der Waals surface area contributed by atoms with E-state index in [0.29, 0.717) is 32.6 Å². The van der Waals surface area contributed by atoms with Crippen LogP contribution in [0.5, 0.6) is 0 Å². The maximum Gasteiger partial charge on any atom is 0.255 e. The molecule has 0 radical (unpaired) electrons. The Morgan fingerprint density at radius 1 is 1.03 bits per heavy atom. The first-order valence-electron chi connectivity index (χ1n) is 10.0. The molecule has 166 valence electrons. The second kappa shape index (κ2) is 10.0. The van der Waals surface area contributed by atoms with Gasteiger partial charge in [-0.05, 0) is 62.3 Å². The number of aromatic nitrogens is 1. The Morgan fingerprint density at radius 2 is 1.75 bits per heavy atom. The Bertz CT molecular complexity index is 1200. The Balaban J connectivity index is 1.83. The molecule has 0 bridgehead atoms. The van der Waals surface area contributed by atoms with Crippen LogP contribution in [-0.4, -0.2) is 29.5 Å². The minimum absolute atomic E-state index is 0.0607. The van der Waals surface area contributed by atoms with Gasteiger partial charge in [0, 0.05) is 23.4 Å². The molecule has 32 heavy (non-hydrogen) atoms. The summed E-state index contributed by atoms with van der Waals surface area (Å²) in [4.78, 5) is 18.5. The van der Waals surface area contributed by atoms with Crippen molar-refractivity contribution < 1.29 is 9.23 Å². The maximum absolute atomic E-state index is 13.7. The molecule has 1 saturated heterocycles. The number of pyridine rings is 1. The van der Waals surface area contributed by atoms with E-state index in [9.17, 15) is 9.18 Å². The molecule has 2 aromatic carbocycles. The van der Waals surface area contributed by atoms with Gasteiger partial charge in [0.15, 0.2) is 0 Å². The van der Waals surface area contributed by atoms with Crippen LogP contribution < -0.4 is 10.9 Å². The third-order valence-electron chi connectivity index (χ3n) is 5.13. The second-order valence-electron chi connectivity index (χ2n) is 7.32. The lowest BCUT2D eigenvalue weighted by Gasteiger charge is -2.21. The maximum atomic E-state index is 13.7. The minimum Gasteiger partial charge on any atom is -0.392 e. The molecule has 1 N–H and O–H groups in total. The summed E-state index contributed by atoms with van der Waals surface area (Å²) in [5.74, 6) is -0.467. The van der Waals surface area contributed by atoms with E-state index in [0.717, 1.165) is 25.9 Å². The van der Waals surface area contributed by atoms with Gasteiger partial charge in [-0.15, -0.1) is 0 Å². The zero-order valence-corrected chi connectivity index (χ0v) is 19.1. The van der Waals surface area contributed by atoms with Crippen LogP contribution in [0.2, 0.25) is 15.1 Å². The predicted octanol–water partition coefficient (Wildman–Crippen LogP) is 5.46. The van der Waals surface area contributed by atoms with Crippen LogP contribution in [0.25, 0.3) is 5.69 Å². The van der Waals surface area contributed by atoms with Gasteiger partial charge in [-0.1, -0.05) is 46.0 Å². The van der Waals surface area contributed by atoms with Crippen LogP contribution >= 0.6 is 34.8 Å². The van der Waals surface area contributed by atoms with Crippen molar-refractivity contribution in [1.82, 2.24) is 9.88 Å². The van der Waals surface area contributed by atoms with E-state index < -0.39 is 5.82 Å². The first kappa shape index (κ1) is 22.8. The monoisotopic (exact) mass is 493 g/mol. The van der Waals surface area contributed by atoms with Gasteiger partial charge in [-0.3, -0.25) is 9.36 Å². The molecule has 0 unspecified atom stereocenters. The van der Waals surface area contributed by atoms with Crippen molar-refractivity contribution in [3.63, 3.8) is 0 Å². The molecule has 0 aliphatic carbocycles. The van der Waals surface area contributed by atoms with Crippen molar-refractivity contribution in [3.8, 4) is 5.69 Å². The fourth-order valence-electron chi connectivity index (χ4n) is 3.49. The number of hydrogen-bond donors (Lipinski definition) is 1. The normalized spacial score (nSPS) is 15.1. The Labute approximate surface area is 199 Å². The third kappa shape index (κ3) is 4.99. The van der Waals surface area contributed by atoms with E-state index >= 15 is 0 Å². The molecular formula is C23H19Cl3FN3O2. The molecule has 1 aromatic heterocycles. The van der Waals surface area contributed by atoms with Crippen LogP contribution in [0.3, 0.4) is 0 Å². The van der Waals surface area contributed by atoms with Gasteiger partial charge in [0.2, 0.25) is 0 Å². The standard InChI is InChI=1S/C23H19Cl3FN3O2/c24-18-2-1-3-19(25)23(18)30-13-14(4-7-21(30)31)22(17-6-5-15(27)12-20(17)26)29-32-16-8-10-28-11-9-16/h1-7,12-13,16,28H,8-11H2/b29-22-. The summed E-state index contributed by atoms with van der Waals surface area (Å²) in [7, 11) is 0. The molecule has 3 aromatic rings. The topological polar surface area (TPSA) is 55.6 Å². The molecular weight excluding hydrogens is 476 g/mol. The molecule has 1 aliphatic heterocycles. The van der Waals surface area contributed by atoms with Crippen LogP contribution in [0.4, 0.5) is 4.39 Å². The molecule has 4 rings (SSSR count). The number of piperidine rings is 1. The molecule has 1 fully saturated rings. The summed E-state index contributed by atoms with van der Waals surface area (Å²) in [6, 6.07) is 12.0. The average Bonchev–Trinajstić information content (AvgIpc) is 2.77. The van der Waals surface area contributed by atoms with Crippen LogP contribution in [0, 0.1) is 5.82 Å². The van der Waals surface area contributed by atoms with Gasteiger partial charge < -0.3 is 10.2 Å². The molecule has 0 atom stereocenters. The van der Waals surface area contributed by atoms with Gasteiger partial charge in [-0.2, -0.15) is 0 Å². The second-order valence-corrected chi connectivity index (χ2v) is 8.54. The fraction of sp³-hybridized carbons (Fsp3) is 0.217. The highest BCUT2D eigenvalue weighted by molar-refractivity contribution is 6.38. The summed E-state index contributed by atoms with van der Waals surface area (Å²) in [5.41, 5.74) is 1.39. The number of hydrogen-bond acceptors (Lipinski definition) is 4.